The number of carbonyl (C=O) groups is 1. The van der Waals surface area contributed by atoms with Gasteiger partial charge in [0.1, 0.15) is 6.10 Å². The molecule has 0 amide bonds. The average Bonchev–Trinajstić information content (AvgIpc) is 2.42. The molecule has 3 heteroatoms. The predicted molar refractivity (Wildman–Crippen MR) is 72.1 cm³/mol. The maximum absolute atomic E-state index is 12.4. The SMILES string of the molecule is CC1CCC(OC(=O)C2(CN)CCCCC2)CC1. The molecule has 0 saturated heterocycles. The van der Waals surface area contributed by atoms with Gasteiger partial charge in [0.25, 0.3) is 0 Å². The quantitative estimate of drug-likeness (QED) is 0.787. The van der Waals surface area contributed by atoms with Gasteiger partial charge in [-0.05, 0) is 44.4 Å². The van der Waals surface area contributed by atoms with E-state index in [-0.39, 0.29) is 17.5 Å². The van der Waals surface area contributed by atoms with Crippen molar-refractivity contribution in [2.24, 2.45) is 17.1 Å². The summed E-state index contributed by atoms with van der Waals surface area (Å²) in [5, 5.41) is 0. The molecule has 0 aromatic carbocycles. The molecule has 2 aliphatic rings. The molecule has 0 spiro atoms. The van der Waals surface area contributed by atoms with Crippen LogP contribution in [0.5, 0.6) is 0 Å². The van der Waals surface area contributed by atoms with Crippen molar-refractivity contribution in [3.63, 3.8) is 0 Å². The van der Waals surface area contributed by atoms with Crippen LogP contribution in [0.3, 0.4) is 0 Å². The average molecular weight is 253 g/mol. The molecule has 2 N–H and O–H groups in total. The highest BCUT2D eigenvalue weighted by Gasteiger charge is 2.40. The van der Waals surface area contributed by atoms with Crippen LogP contribution >= 0.6 is 0 Å². The lowest BCUT2D eigenvalue weighted by atomic mass is 9.74. The van der Waals surface area contributed by atoms with Gasteiger partial charge in [0.2, 0.25) is 0 Å². The first kappa shape index (κ1) is 13.9. The van der Waals surface area contributed by atoms with Gasteiger partial charge < -0.3 is 10.5 Å². The number of esters is 1. The molecule has 0 aromatic rings. The molecule has 2 aliphatic carbocycles. The maximum Gasteiger partial charge on any atom is 0.313 e. The van der Waals surface area contributed by atoms with Crippen molar-refractivity contribution < 1.29 is 9.53 Å². The lowest BCUT2D eigenvalue weighted by Gasteiger charge is -2.36. The van der Waals surface area contributed by atoms with E-state index in [1.807, 2.05) is 0 Å². The third-order valence-corrected chi connectivity index (χ3v) is 4.87. The molecule has 0 aromatic heterocycles. The monoisotopic (exact) mass is 253 g/mol. The molecular formula is C15H27NO2. The van der Waals surface area contributed by atoms with Crippen molar-refractivity contribution in [3.8, 4) is 0 Å². The summed E-state index contributed by atoms with van der Waals surface area (Å²) in [6.07, 6.45) is 9.91. The molecule has 0 bridgehead atoms. The molecular weight excluding hydrogens is 226 g/mol. The van der Waals surface area contributed by atoms with Gasteiger partial charge in [0, 0.05) is 6.54 Å². The van der Waals surface area contributed by atoms with E-state index in [9.17, 15) is 4.79 Å². The van der Waals surface area contributed by atoms with Crippen molar-refractivity contribution in [1.82, 2.24) is 0 Å². The number of hydrogen-bond donors (Lipinski definition) is 1. The third-order valence-electron chi connectivity index (χ3n) is 4.87. The Morgan fingerprint density at radius 3 is 2.33 bits per heavy atom. The van der Waals surface area contributed by atoms with Crippen LogP contribution in [0.2, 0.25) is 0 Å². The molecule has 2 fully saturated rings. The van der Waals surface area contributed by atoms with Gasteiger partial charge in [-0.25, -0.2) is 0 Å². The topological polar surface area (TPSA) is 52.3 Å². The zero-order valence-corrected chi connectivity index (χ0v) is 11.6. The first-order chi connectivity index (χ1) is 8.66. The fraction of sp³-hybridized carbons (Fsp3) is 0.933. The molecule has 0 radical (unpaired) electrons. The van der Waals surface area contributed by atoms with Gasteiger partial charge in [-0.1, -0.05) is 26.2 Å². The number of ether oxygens (including phenoxy) is 1. The summed E-state index contributed by atoms with van der Waals surface area (Å²) in [6, 6.07) is 0. The molecule has 0 unspecified atom stereocenters. The predicted octanol–water partition coefficient (Wildman–Crippen LogP) is 3.02. The van der Waals surface area contributed by atoms with Gasteiger partial charge in [0.05, 0.1) is 5.41 Å². The first-order valence-electron chi connectivity index (χ1n) is 7.57. The van der Waals surface area contributed by atoms with Crippen LogP contribution in [0.4, 0.5) is 0 Å². The van der Waals surface area contributed by atoms with Crippen LogP contribution < -0.4 is 5.73 Å². The van der Waals surface area contributed by atoms with Gasteiger partial charge in [-0.15, -0.1) is 0 Å². The fourth-order valence-corrected chi connectivity index (χ4v) is 3.34. The summed E-state index contributed by atoms with van der Waals surface area (Å²) in [5.41, 5.74) is 5.51. The third kappa shape index (κ3) is 3.05. The molecule has 0 aliphatic heterocycles. The summed E-state index contributed by atoms with van der Waals surface area (Å²) in [6.45, 7) is 2.73. The van der Waals surface area contributed by atoms with E-state index in [0.29, 0.717) is 6.54 Å². The van der Waals surface area contributed by atoms with Gasteiger partial charge >= 0.3 is 5.97 Å². The summed E-state index contributed by atoms with van der Waals surface area (Å²) in [5.74, 6) is 0.780. The van der Waals surface area contributed by atoms with E-state index in [4.69, 9.17) is 10.5 Å². The minimum absolute atomic E-state index is 0.00995. The highest BCUT2D eigenvalue weighted by Crippen LogP contribution is 2.38. The van der Waals surface area contributed by atoms with E-state index in [2.05, 4.69) is 6.92 Å². The zero-order valence-electron chi connectivity index (χ0n) is 11.6. The van der Waals surface area contributed by atoms with Crippen LogP contribution in [-0.2, 0) is 9.53 Å². The van der Waals surface area contributed by atoms with Crippen molar-refractivity contribution in [2.75, 3.05) is 6.54 Å². The number of rotatable bonds is 3. The normalized spacial score (nSPS) is 31.9. The molecule has 3 nitrogen and oxygen atoms in total. The summed E-state index contributed by atoms with van der Waals surface area (Å²) < 4.78 is 5.75. The zero-order chi connectivity index (χ0) is 13.0. The van der Waals surface area contributed by atoms with E-state index in [0.717, 1.165) is 44.4 Å². The Kier molecular flexibility index (Phi) is 4.66. The molecule has 18 heavy (non-hydrogen) atoms. The summed E-state index contributed by atoms with van der Waals surface area (Å²) >= 11 is 0. The van der Waals surface area contributed by atoms with E-state index >= 15 is 0 Å². The van der Waals surface area contributed by atoms with Gasteiger partial charge in [0.15, 0.2) is 0 Å². The molecule has 2 saturated carbocycles. The Labute approximate surface area is 110 Å². The Morgan fingerprint density at radius 2 is 1.78 bits per heavy atom. The highest BCUT2D eigenvalue weighted by molar-refractivity contribution is 5.77. The molecule has 104 valence electrons. The molecule has 0 heterocycles. The number of hydrogen-bond acceptors (Lipinski definition) is 3. The molecule has 2 rings (SSSR count). The van der Waals surface area contributed by atoms with E-state index in [1.54, 1.807) is 0 Å². The Hall–Kier alpha value is -0.570. The van der Waals surface area contributed by atoms with E-state index < -0.39 is 0 Å². The largest absolute Gasteiger partial charge is 0.462 e. The first-order valence-corrected chi connectivity index (χ1v) is 7.57. The van der Waals surface area contributed by atoms with Gasteiger partial charge in [-0.3, -0.25) is 4.79 Å². The van der Waals surface area contributed by atoms with E-state index in [1.165, 1.54) is 19.3 Å². The summed E-state index contributed by atoms with van der Waals surface area (Å²) in [4.78, 5) is 12.4. The van der Waals surface area contributed by atoms with Crippen LogP contribution in [0.15, 0.2) is 0 Å². The van der Waals surface area contributed by atoms with Crippen molar-refractivity contribution in [3.05, 3.63) is 0 Å². The number of nitrogens with two attached hydrogens (primary N) is 1. The van der Waals surface area contributed by atoms with Gasteiger partial charge in [-0.2, -0.15) is 0 Å². The number of carbonyl (C=O) groups excluding carboxylic acids is 1. The fourth-order valence-electron chi connectivity index (χ4n) is 3.34. The highest BCUT2D eigenvalue weighted by atomic mass is 16.5. The second-order valence-electron chi connectivity index (χ2n) is 6.33. The minimum atomic E-state index is -0.360. The second-order valence-corrected chi connectivity index (χ2v) is 6.33. The standard InChI is InChI=1S/C15H27NO2/c1-12-5-7-13(8-6-12)18-14(17)15(11-16)9-3-2-4-10-15/h12-13H,2-11,16H2,1H3. The van der Waals surface area contributed by atoms with Crippen LogP contribution in [0.25, 0.3) is 0 Å². The Balaban J connectivity index is 1.89. The smallest absolute Gasteiger partial charge is 0.313 e. The van der Waals surface area contributed by atoms with Crippen LogP contribution in [0, 0.1) is 11.3 Å². The van der Waals surface area contributed by atoms with Crippen LogP contribution in [-0.4, -0.2) is 18.6 Å². The lowest BCUT2D eigenvalue weighted by Crippen LogP contribution is -2.43. The summed E-state index contributed by atoms with van der Waals surface area (Å²) in [7, 11) is 0. The van der Waals surface area contributed by atoms with Crippen molar-refractivity contribution in [2.45, 2.75) is 70.8 Å². The van der Waals surface area contributed by atoms with Crippen molar-refractivity contribution >= 4 is 5.97 Å². The Bertz CT molecular complexity index is 276. The lowest BCUT2D eigenvalue weighted by molar-refractivity contribution is -0.165. The maximum atomic E-state index is 12.4. The molecule has 0 atom stereocenters. The second kappa shape index (κ2) is 6.05. The minimum Gasteiger partial charge on any atom is -0.462 e. The van der Waals surface area contributed by atoms with Crippen LogP contribution in [0.1, 0.15) is 64.7 Å². The van der Waals surface area contributed by atoms with Crippen molar-refractivity contribution in [1.29, 1.82) is 0 Å². The Morgan fingerprint density at radius 1 is 1.17 bits per heavy atom.